The summed E-state index contributed by atoms with van der Waals surface area (Å²) in [7, 11) is 0. The Labute approximate surface area is 254 Å². The van der Waals surface area contributed by atoms with Crippen LogP contribution in [0.25, 0.3) is 0 Å². The van der Waals surface area contributed by atoms with Gasteiger partial charge in [0.25, 0.3) is 0 Å². The highest BCUT2D eigenvalue weighted by Gasteiger charge is 2.28. The number of nitrogens with two attached hydrogens (primary N) is 1. The number of hydrogen-bond donors (Lipinski definition) is 3. The number of rotatable bonds is 5. The van der Waals surface area contributed by atoms with Gasteiger partial charge in [0, 0.05) is 9.89 Å². The van der Waals surface area contributed by atoms with Crippen molar-refractivity contribution < 1.29 is 19.4 Å². The Morgan fingerprint density at radius 3 is 2.61 bits per heavy atom. The molecule has 1 unspecified atom stereocenters. The zero-order chi connectivity index (χ0) is 30.6. The molecule has 0 saturated heterocycles. The highest BCUT2D eigenvalue weighted by atomic mass is 79.9. The topological polar surface area (TPSA) is 102 Å². The number of allylic oxidation sites excluding steroid dienone is 4. The van der Waals surface area contributed by atoms with Crippen LogP contribution >= 0.6 is 15.9 Å². The Kier molecular flexibility index (Phi) is 13.6. The van der Waals surface area contributed by atoms with Gasteiger partial charge in [-0.25, -0.2) is 4.79 Å². The Bertz CT molecular complexity index is 1220. The fraction of sp³-hybridized carbons (Fsp3) is 0.471. The molecule has 4 N–H and O–H groups in total. The van der Waals surface area contributed by atoms with E-state index < -0.39 is 17.6 Å². The minimum absolute atomic E-state index is 0.00243. The maximum absolute atomic E-state index is 12.6. The molecule has 2 amide bonds. The third-order valence-electron chi connectivity index (χ3n) is 7.30. The summed E-state index contributed by atoms with van der Waals surface area (Å²) in [5.41, 5.74) is 6.68. The van der Waals surface area contributed by atoms with Crippen LogP contribution in [-0.4, -0.2) is 29.3 Å². The number of hydrogen-bond acceptors (Lipinski definition) is 4. The van der Waals surface area contributed by atoms with Gasteiger partial charge in [0.05, 0.1) is 12.1 Å². The van der Waals surface area contributed by atoms with E-state index >= 15 is 0 Å². The lowest BCUT2D eigenvalue weighted by Gasteiger charge is -2.28. The molecular formula is C34H45BrN2O4. The molecule has 0 saturated carbocycles. The van der Waals surface area contributed by atoms with E-state index in [-0.39, 0.29) is 35.8 Å². The molecule has 6 nitrogen and oxygen atoms in total. The van der Waals surface area contributed by atoms with E-state index in [1.165, 1.54) is 0 Å². The molecule has 1 heterocycles. The third-order valence-corrected chi connectivity index (χ3v) is 8.38. The molecule has 0 radical (unpaired) electrons. The first-order valence-corrected chi connectivity index (χ1v) is 15.0. The number of aryl methyl sites for hydroxylation is 1. The van der Waals surface area contributed by atoms with Gasteiger partial charge in [-0.15, -0.1) is 0 Å². The van der Waals surface area contributed by atoms with Gasteiger partial charge in [-0.1, -0.05) is 111 Å². The average Bonchev–Trinajstić information content (AvgIpc) is 2.88. The number of carbonyl (C=O) groups excluding carboxylic acids is 2. The number of amides is 2. The fourth-order valence-electron chi connectivity index (χ4n) is 4.73. The molecular weight excluding hydrogens is 580 g/mol. The number of nitrogens with one attached hydrogen (secondary N) is 1. The number of halogens is 1. The molecule has 1 aromatic carbocycles. The van der Waals surface area contributed by atoms with Crippen LogP contribution < -0.4 is 11.1 Å². The van der Waals surface area contributed by atoms with Crippen LogP contribution in [0.15, 0.2) is 71.3 Å². The zero-order valence-corrected chi connectivity index (χ0v) is 26.6. The predicted molar refractivity (Wildman–Crippen MR) is 170 cm³/mol. The second kappa shape index (κ2) is 16.4. The van der Waals surface area contributed by atoms with Crippen LogP contribution in [0, 0.1) is 41.9 Å². The second-order valence-corrected chi connectivity index (χ2v) is 12.5. The van der Waals surface area contributed by atoms with Crippen molar-refractivity contribution in [3.63, 3.8) is 0 Å². The summed E-state index contributed by atoms with van der Waals surface area (Å²) in [4.78, 5) is 24.0. The van der Waals surface area contributed by atoms with Gasteiger partial charge in [-0.05, 0) is 73.3 Å². The minimum Gasteiger partial charge on any atom is -0.446 e. The highest BCUT2D eigenvalue weighted by molar-refractivity contribution is 9.10. The average molecular weight is 626 g/mol. The molecule has 7 heteroatoms. The summed E-state index contributed by atoms with van der Waals surface area (Å²) >= 11 is 3.59. The SMILES string of the molecule is Cc1cccc([C@H](O)C(C)(C)/C=C/C#C/C=C/[C@@H]2NC(=O)/C=C\C[C@H](C)C[C@H](OC(N)=O)C[C@H](C)/C=C/C2C)c1Br. The second-order valence-electron chi connectivity index (χ2n) is 11.7. The summed E-state index contributed by atoms with van der Waals surface area (Å²) in [6.07, 6.45) is 15.2. The first kappa shape index (κ1) is 34.1. The van der Waals surface area contributed by atoms with Crippen molar-refractivity contribution in [1.29, 1.82) is 0 Å². The van der Waals surface area contributed by atoms with Crippen LogP contribution in [-0.2, 0) is 9.53 Å². The molecule has 0 fully saturated rings. The number of aliphatic hydroxyl groups excluding tert-OH is 1. The minimum atomic E-state index is -0.761. The van der Waals surface area contributed by atoms with Gasteiger partial charge in [0.15, 0.2) is 0 Å². The quantitative estimate of drug-likeness (QED) is 0.240. The molecule has 1 aliphatic heterocycles. The third kappa shape index (κ3) is 11.7. The Balaban J connectivity index is 2.15. The lowest BCUT2D eigenvalue weighted by atomic mass is 9.82. The predicted octanol–water partition coefficient (Wildman–Crippen LogP) is 7.09. The summed E-state index contributed by atoms with van der Waals surface area (Å²) in [5.74, 6) is 6.26. The molecule has 0 bridgehead atoms. The highest BCUT2D eigenvalue weighted by Crippen LogP contribution is 2.38. The summed E-state index contributed by atoms with van der Waals surface area (Å²) in [5, 5.41) is 14.1. The van der Waals surface area contributed by atoms with Crippen molar-refractivity contribution in [3.8, 4) is 11.8 Å². The largest absolute Gasteiger partial charge is 0.446 e. The Hall–Kier alpha value is -3.08. The Morgan fingerprint density at radius 1 is 1.20 bits per heavy atom. The van der Waals surface area contributed by atoms with E-state index in [4.69, 9.17) is 10.5 Å². The van der Waals surface area contributed by atoms with Crippen molar-refractivity contribution in [2.75, 3.05) is 0 Å². The molecule has 41 heavy (non-hydrogen) atoms. The lowest BCUT2D eigenvalue weighted by Crippen LogP contribution is -2.36. The summed E-state index contributed by atoms with van der Waals surface area (Å²) < 4.78 is 6.28. The van der Waals surface area contributed by atoms with Gasteiger partial charge in [0.2, 0.25) is 5.91 Å². The van der Waals surface area contributed by atoms with Crippen molar-refractivity contribution in [3.05, 3.63) is 82.4 Å². The van der Waals surface area contributed by atoms with Gasteiger partial charge in [0.1, 0.15) is 6.10 Å². The first-order chi connectivity index (χ1) is 19.3. The fourth-order valence-corrected chi connectivity index (χ4v) is 5.21. The molecule has 1 aliphatic rings. The molecule has 0 spiro atoms. The van der Waals surface area contributed by atoms with Crippen LogP contribution in [0.5, 0.6) is 0 Å². The zero-order valence-electron chi connectivity index (χ0n) is 25.1. The number of aliphatic hydroxyl groups is 1. The first-order valence-electron chi connectivity index (χ1n) is 14.2. The van der Waals surface area contributed by atoms with E-state index in [1.807, 2.05) is 64.1 Å². The van der Waals surface area contributed by atoms with Crippen LogP contribution in [0.4, 0.5) is 4.79 Å². The van der Waals surface area contributed by atoms with Gasteiger partial charge in [-0.3, -0.25) is 4.79 Å². The van der Waals surface area contributed by atoms with Crippen molar-refractivity contribution in [2.24, 2.45) is 28.9 Å². The molecule has 222 valence electrons. The van der Waals surface area contributed by atoms with Crippen LogP contribution in [0.2, 0.25) is 0 Å². The lowest BCUT2D eigenvalue weighted by molar-refractivity contribution is -0.117. The molecule has 2 rings (SSSR count). The number of carbonyl (C=O) groups is 2. The monoisotopic (exact) mass is 624 g/mol. The van der Waals surface area contributed by atoms with E-state index in [2.05, 4.69) is 59.1 Å². The van der Waals surface area contributed by atoms with Crippen LogP contribution in [0.3, 0.4) is 0 Å². The molecule has 6 atom stereocenters. The molecule has 0 aromatic heterocycles. The van der Waals surface area contributed by atoms with E-state index in [0.29, 0.717) is 19.3 Å². The van der Waals surface area contributed by atoms with E-state index in [9.17, 15) is 14.7 Å². The standard InChI is InChI=1S/C34H45BrN2O4/c1-23-13-11-17-30(38)37-29(25(3)19-18-24(2)22-27(21-23)41-33(36)40)16-9-7-8-10-20-34(5,6)32(39)28-15-12-14-26(4)31(28)35/h9-12,14-20,23-25,27,29,32,39H,13,21-22H2,1-6H3,(H2,36,40)(H,37,38)/b16-9+,17-11-,19-18+,20-10+/t23-,24+,25?,27-,29-,32-/m0/s1. The maximum atomic E-state index is 12.6. The van der Waals surface area contributed by atoms with Gasteiger partial charge < -0.3 is 20.9 Å². The number of primary amides is 1. The van der Waals surface area contributed by atoms with Gasteiger partial charge in [-0.2, -0.15) is 0 Å². The summed E-state index contributed by atoms with van der Waals surface area (Å²) in [6.45, 7) is 12.1. The van der Waals surface area contributed by atoms with E-state index in [1.54, 1.807) is 18.2 Å². The van der Waals surface area contributed by atoms with Crippen molar-refractivity contribution in [1.82, 2.24) is 5.32 Å². The summed E-state index contributed by atoms with van der Waals surface area (Å²) in [6, 6.07) is 5.60. The van der Waals surface area contributed by atoms with E-state index in [0.717, 1.165) is 15.6 Å². The number of benzene rings is 1. The smallest absolute Gasteiger partial charge is 0.404 e. The van der Waals surface area contributed by atoms with Crippen molar-refractivity contribution in [2.45, 2.75) is 79.1 Å². The Morgan fingerprint density at radius 2 is 1.90 bits per heavy atom. The molecule has 1 aromatic rings. The van der Waals surface area contributed by atoms with Crippen molar-refractivity contribution >= 4 is 27.9 Å². The van der Waals surface area contributed by atoms with Crippen LogP contribution in [0.1, 0.15) is 71.1 Å². The van der Waals surface area contributed by atoms with Gasteiger partial charge >= 0.3 is 6.09 Å². The normalized spacial score (nSPS) is 26.8. The number of ether oxygens (including phenoxy) is 1. The maximum Gasteiger partial charge on any atom is 0.404 e. The molecule has 0 aliphatic carbocycles.